The van der Waals surface area contributed by atoms with Gasteiger partial charge in [0.15, 0.2) is 0 Å². The first-order valence-electron chi connectivity index (χ1n) is 11.3. The molecule has 0 aliphatic carbocycles. The summed E-state index contributed by atoms with van der Waals surface area (Å²) in [6.07, 6.45) is 11.0. The molecule has 2 fully saturated rings. The number of hydrogen-bond donors (Lipinski definition) is 1. The SMILES string of the molecule is Cn1cnc2cc(CCCC3CCN(c4nccc(/C=C5\SC(=O)NC5=O)n4)CC3)ccc21. The highest BCUT2D eigenvalue weighted by Gasteiger charge is 2.25. The molecule has 8 nitrogen and oxygen atoms in total. The van der Waals surface area contributed by atoms with Gasteiger partial charge in [-0.2, -0.15) is 0 Å². The molecule has 0 bridgehead atoms. The number of benzene rings is 1. The van der Waals surface area contributed by atoms with Gasteiger partial charge < -0.3 is 9.47 Å². The van der Waals surface area contributed by atoms with Crippen molar-refractivity contribution in [1.29, 1.82) is 0 Å². The molecule has 0 radical (unpaired) electrons. The second-order valence-corrected chi connectivity index (χ2v) is 9.65. The standard InChI is InChI=1S/C24H26N6O2S/c1-29-15-26-19-13-17(5-6-20(19)29)4-2-3-16-8-11-30(12-9-16)23-25-10-7-18(27-23)14-21-22(31)28-24(32)33-21/h5-7,10,13-16H,2-4,8-9,11-12H2,1H3,(H,28,31,32)/b21-14-. The van der Waals surface area contributed by atoms with Gasteiger partial charge in [0.1, 0.15) is 0 Å². The Morgan fingerprint density at radius 3 is 2.82 bits per heavy atom. The first-order chi connectivity index (χ1) is 16.0. The predicted octanol–water partition coefficient (Wildman–Crippen LogP) is 3.93. The zero-order valence-electron chi connectivity index (χ0n) is 18.5. The normalized spacial score (nSPS) is 18.5. The van der Waals surface area contributed by atoms with Crippen LogP contribution in [0.1, 0.15) is 36.9 Å². The minimum atomic E-state index is -0.370. The number of carbonyl (C=O) groups excluding carboxylic acids is 2. The van der Waals surface area contributed by atoms with E-state index >= 15 is 0 Å². The molecule has 0 atom stereocenters. The third-order valence-electron chi connectivity index (χ3n) is 6.35. The second kappa shape index (κ2) is 9.35. The Bertz CT molecular complexity index is 1230. The first kappa shape index (κ1) is 21.6. The molecule has 9 heteroatoms. The molecule has 2 saturated heterocycles. The fraction of sp³-hybridized carbons (Fsp3) is 0.375. The predicted molar refractivity (Wildman–Crippen MR) is 130 cm³/mol. The lowest BCUT2D eigenvalue weighted by molar-refractivity contribution is -0.115. The summed E-state index contributed by atoms with van der Waals surface area (Å²) < 4.78 is 2.05. The van der Waals surface area contributed by atoms with Crippen molar-refractivity contribution in [3.05, 3.63) is 53.0 Å². The van der Waals surface area contributed by atoms with Crippen molar-refractivity contribution in [1.82, 2.24) is 24.8 Å². The number of imide groups is 1. The minimum absolute atomic E-state index is 0.347. The molecular weight excluding hydrogens is 436 g/mol. The Kier molecular flexibility index (Phi) is 6.13. The van der Waals surface area contributed by atoms with Crippen molar-refractivity contribution in [3.8, 4) is 0 Å². The van der Waals surface area contributed by atoms with E-state index in [4.69, 9.17) is 0 Å². The van der Waals surface area contributed by atoms with Gasteiger partial charge in [-0.1, -0.05) is 6.07 Å². The van der Waals surface area contributed by atoms with E-state index < -0.39 is 0 Å². The summed E-state index contributed by atoms with van der Waals surface area (Å²) in [6, 6.07) is 8.34. The van der Waals surface area contributed by atoms with Gasteiger partial charge in [-0.05, 0) is 79.6 Å². The fourth-order valence-electron chi connectivity index (χ4n) is 4.50. The number of thioether (sulfide) groups is 1. The molecule has 0 spiro atoms. The van der Waals surface area contributed by atoms with Gasteiger partial charge >= 0.3 is 0 Å². The van der Waals surface area contributed by atoms with Gasteiger partial charge in [0.25, 0.3) is 11.1 Å². The van der Waals surface area contributed by atoms with Crippen LogP contribution in [0.4, 0.5) is 10.7 Å². The molecule has 1 N–H and O–H groups in total. The molecule has 1 aromatic carbocycles. The van der Waals surface area contributed by atoms with Crippen LogP contribution in [0.25, 0.3) is 17.1 Å². The zero-order valence-corrected chi connectivity index (χ0v) is 19.3. The van der Waals surface area contributed by atoms with Gasteiger partial charge in [-0.15, -0.1) is 0 Å². The monoisotopic (exact) mass is 462 g/mol. The molecule has 0 saturated carbocycles. The number of nitrogens with one attached hydrogen (secondary N) is 1. The van der Waals surface area contributed by atoms with Crippen LogP contribution in [0, 0.1) is 5.92 Å². The van der Waals surface area contributed by atoms with E-state index in [0.717, 1.165) is 55.5 Å². The molecule has 0 unspecified atom stereocenters. The summed E-state index contributed by atoms with van der Waals surface area (Å²) in [5.74, 6) is 1.03. The number of piperidine rings is 1. The zero-order chi connectivity index (χ0) is 22.8. The number of rotatable bonds is 6. The summed E-state index contributed by atoms with van der Waals surface area (Å²) >= 11 is 0.901. The number of aromatic nitrogens is 4. The van der Waals surface area contributed by atoms with Crippen LogP contribution in [-0.2, 0) is 18.3 Å². The van der Waals surface area contributed by atoms with Crippen LogP contribution in [0.5, 0.6) is 0 Å². The Labute approximate surface area is 196 Å². The number of anilines is 1. The van der Waals surface area contributed by atoms with Gasteiger partial charge in [0, 0.05) is 26.3 Å². The molecule has 33 heavy (non-hydrogen) atoms. The fourth-order valence-corrected chi connectivity index (χ4v) is 5.17. The molecule has 2 aromatic heterocycles. The highest BCUT2D eigenvalue weighted by atomic mass is 32.2. The van der Waals surface area contributed by atoms with Crippen molar-refractivity contribution < 1.29 is 9.59 Å². The van der Waals surface area contributed by atoms with E-state index in [2.05, 4.69) is 47.9 Å². The molecular formula is C24H26N6O2S. The van der Waals surface area contributed by atoms with Crippen LogP contribution in [0.2, 0.25) is 0 Å². The van der Waals surface area contributed by atoms with E-state index in [1.165, 1.54) is 23.9 Å². The van der Waals surface area contributed by atoms with Crippen LogP contribution in [0.15, 0.2) is 41.7 Å². The Morgan fingerprint density at radius 2 is 2.03 bits per heavy atom. The van der Waals surface area contributed by atoms with Crippen LogP contribution in [-0.4, -0.2) is 43.8 Å². The molecule has 2 aliphatic rings. The third-order valence-corrected chi connectivity index (χ3v) is 7.16. The quantitative estimate of drug-likeness (QED) is 0.555. The second-order valence-electron chi connectivity index (χ2n) is 8.63. The lowest BCUT2D eigenvalue weighted by atomic mass is 9.91. The maximum Gasteiger partial charge on any atom is 0.290 e. The number of nitrogens with zero attached hydrogens (tertiary/aromatic N) is 5. The van der Waals surface area contributed by atoms with Gasteiger partial charge in [0.2, 0.25) is 5.95 Å². The van der Waals surface area contributed by atoms with Crippen LogP contribution >= 0.6 is 11.8 Å². The minimum Gasteiger partial charge on any atom is -0.341 e. The number of aryl methyl sites for hydroxylation is 2. The van der Waals surface area contributed by atoms with E-state index in [1.807, 2.05) is 13.4 Å². The Balaban J connectivity index is 1.12. The number of imidazole rings is 1. The number of hydrogen-bond acceptors (Lipinski definition) is 7. The highest BCUT2D eigenvalue weighted by Crippen LogP contribution is 2.27. The molecule has 2 aliphatic heterocycles. The highest BCUT2D eigenvalue weighted by molar-refractivity contribution is 8.18. The van der Waals surface area contributed by atoms with Crippen LogP contribution in [0.3, 0.4) is 0 Å². The van der Waals surface area contributed by atoms with Gasteiger partial charge in [-0.3, -0.25) is 14.9 Å². The Hall–Kier alpha value is -3.20. The van der Waals surface area contributed by atoms with Crippen molar-refractivity contribution in [2.24, 2.45) is 13.0 Å². The molecule has 170 valence electrons. The van der Waals surface area contributed by atoms with E-state index in [1.54, 1.807) is 18.3 Å². The number of fused-ring (bicyclic) bond motifs is 1. The van der Waals surface area contributed by atoms with Crippen molar-refractivity contribution in [2.75, 3.05) is 18.0 Å². The lowest BCUT2D eigenvalue weighted by Gasteiger charge is -2.32. The maximum absolute atomic E-state index is 11.8. The van der Waals surface area contributed by atoms with Crippen molar-refractivity contribution in [3.63, 3.8) is 0 Å². The summed E-state index contributed by atoms with van der Waals surface area (Å²) in [7, 11) is 2.02. The van der Waals surface area contributed by atoms with E-state index in [0.29, 0.717) is 16.5 Å². The molecule has 4 heterocycles. The first-order valence-corrected chi connectivity index (χ1v) is 12.1. The van der Waals surface area contributed by atoms with Gasteiger partial charge in [-0.25, -0.2) is 15.0 Å². The third kappa shape index (κ3) is 4.93. The number of carbonyl (C=O) groups is 2. The average Bonchev–Trinajstić information content (AvgIpc) is 3.34. The summed E-state index contributed by atoms with van der Waals surface area (Å²) in [4.78, 5) is 39.2. The van der Waals surface area contributed by atoms with E-state index in [9.17, 15) is 9.59 Å². The summed E-state index contributed by atoms with van der Waals surface area (Å²) in [5, 5.41) is 1.92. The average molecular weight is 463 g/mol. The lowest BCUT2D eigenvalue weighted by Crippen LogP contribution is -2.35. The van der Waals surface area contributed by atoms with Crippen molar-refractivity contribution >= 4 is 46.0 Å². The van der Waals surface area contributed by atoms with Crippen molar-refractivity contribution in [2.45, 2.75) is 32.1 Å². The van der Waals surface area contributed by atoms with Crippen LogP contribution < -0.4 is 10.2 Å². The van der Waals surface area contributed by atoms with Gasteiger partial charge in [0.05, 0.1) is 28.0 Å². The Morgan fingerprint density at radius 1 is 1.18 bits per heavy atom. The molecule has 2 amide bonds. The van der Waals surface area contributed by atoms with E-state index in [-0.39, 0.29) is 11.1 Å². The molecule has 5 rings (SSSR count). The topological polar surface area (TPSA) is 93.0 Å². The summed E-state index contributed by atoms with van der Waals surface area (Å²) in [5.41, 5.74) is 4.24. The molecule has 3 aromatic rings. The smallest absolute Gasteiger partial charge is 0.290 e. The number of amides is 2. The largest absolute Gasteiger partial charge is 0.341 e. The summed E-state index contributed by atoms with van der Waals surface area (Å²) in [6.45, 7) is 1.86. The maximum atomic E-state index is 11.8.